The lowest BCUT2D eigenvalue weighted by Gasteiger charge is -2.22. The molecule has 0 spiro atoms. The molecule has 1 fully saturated rings. The standard InChI is InChI=1S/C10H13F3N4O/c11-10(12,13)9(18)16-7-5-15-17(6-7)8-1-3-14-4-2-8/h5-6,8,14H,1-4H2,(H,16,18). The number of nitrogens with one attached hydrogen (secondary N) is 2. The molecule has 1 saturated heterocycles. The Bertz CT molecular complexity index is 423. The van der Waals surface area contributed by atoms with Gasteiger partial charge in [-0.1, -0.05) is 0 Å². The van der Waals surface area contributed by atoms with Crippen LogP contribution in [0.2, 0.25) is 0 Å². The van der Waals surface area contributed by atoms with Gasteiger partial charge in [0, 0.05) is 6.20 Å². The molecule has 0 saturated carbocycles. The van der Waals surface area contributed by atoms with Crippen molar-refractivity contribution in [1.82, 2.24) is 15.1 Å². The molecule has 1 aromatic heterocycles. The first-order valence-electron chi connectivity index (χ1n) is 5.60. The minimum Gasteiger partial charge on any atom is -0.317 e. The number of carbonyl (C=O) groups excluding carboxylic acids is 1. The lowest BCUT2D eigenvalue weighted by atomic mass is 10.1. The third kappa shape index (κ3) is 3.00. The van der Waals surface area contributed by atoms with E-state index in [9.17, 15) is 18.0 Å². The second kappa shape index (κ2) is 4.97. The largest absolute Gasteiger partial charge is 0.471 e. The van der Waals surface area contributed by atoms with Crippen LogP contribution in [0.3, 0.4) is 0 Å². The molecular weight excluding hydrogens is 249 g/mol. The van der Waals surface area contributed by atoms with E-state index in [1.54, 1.807) is 10.00 Å². The average Bonchev–Trinajstić information content (AvgIpc) is 2.77. The van der Waals surface area contributed by atoms with Crippen molar-refractivity contribution in [3.63, 3.8) is 0 Å². The van der Waals surface area contributed by atoms with Crippen molar-refractivity contribution >= 4 is 11.6 Å². The van der Waals surface area contributed by atoms with Crippen LogP contribution in [0, 0.1) is 0 Å². The fourth-order valence-corrected chi connectivity index (χ4v) is 1.88. The first kappa shape index (κ1) is 12.9. The van der Waals surface area contributed by atoms with Gasteiger partial charge in [-0.15, -0.1) is 0 Å². The Morgan fingerprint density at radius 2 is 2.11 bits per heavy atom. The molecule has 0 bridgehead atoms. The summed E-state index contributed by atoms with van der Waals surface area (Å²) in [4.78, 5) is 10.7. The number of rotatable bonds is 2. The van der Waals surface area contributed by atoms with Crippen LogP contribution in [-0.4, -0.2) is 35.0 Å². The second-order valence-electron chi connectivity index (χ2n) is 4.14. The summed E-state index contributed by atoms with van der Waals surface area (Å²) in [6.45, 7) is 1.71. The van der Waals surface area contributed by atoms with E-state index in [1.165, 1.54) is 12.4 Å². The molecule has 100 valence electrons. The van der Waals surface area contributed by atoms with Crippen molar-refractivity contribution < 1.29 is 18.0 Å². The molecule has 18 heavy (non-hydrogen) atoms. The molecule has 2 rings (SSSR count). The van der Waals surface area contributed by atoms with Crippen molar-refractivity contribution in [3.05, 3.63) is 12.4 Å². The van der Waals surface area contributed by atoms with E-state index in [4.69, 9.17) is 0 Å². The molecule has 8 heteroatoms. The highest BCUT2D eigenvalue weighted by Crippen LogP contribution is 2.21. The molecule has 2 heterocycles. The average molecular weight is 262 g/mol. The topological polar surface area (TPSA) is 59.0 Å². The summed E-state index contributed by atoms with van der Waals surface area (Å²) in [6, 6.07) is 0.169. The molecule has 0 atom stereocenters. The maximum Gasteiger partial charge on any atom is 0.471 e. The van der Waals surface area contributed by atoms with Gasteiger partial charge in [-0.05, 0) is 25.9 Å². The molecule has 0 aromatic carbocycles. The van der Waals surface area contributed by atoms with Gasteiger partial charge in [0.05, 0.1) is 17.9 Å². The number of amides is 1. The summed E-state index contributed by atoms with van der Waals surface area (Å²) in [6.07, 6.45) is -0.481. The van der Waals surface area contributed by atoms with E-state index in [-0.39, 0.29) is 11.7 Å². The number of halogens is 3. The Kier molecular flexibility index (Phi) is 3.55. The Morgan fingerprint density at radius 1 is 1.44 bits per heavy atom. The van der Waals surface area contributed by atoms with E-state index in [2.05, 4.69) is 10.4 Å². The molecule has 5 nitrogen and oxygen atoms in total. The smallest absolute Gasteiger partial charge is 0.317 e. The highest BCUT2D eigenvalue weighted by molar-refractivity contribution is 5.94. The lowest BCUT2D eigenvalue weighted by Crippen LogP contribution is -2.30. The van der Waals surface area contributed by atoms with Gasteiger partial charge in [-0.2, -0.15) is 18.3 Å². The van der Waals surface area contributed by atoms with E-state index in [0.29, 0.717) is 0 Å². The minimum atomic E-state index is -4.88. The molecule has 1 aliphatic heterocycles. The first-order valence-corrected chi connectivity index (χ1v) is 5.60. The predicted octanol–water partition coefficient (Wildman–Crippen LogP) is 1.31. The van der Waals surface area contributed by atoms with Crippen LogP contribution in [0.1, 0.15) is 18.9 Å². The Labute approximate surface area is 101 Å². The van der Waals surface area contributed by atoms with Crippen LogP contribution in [0.15, 0.2) is 12.4 Å². The number of aromatic nitrogens is 2. The van der Waals surface area contributed by atoms with E-state index in [0.717, 1.165) is 25.9 Å². The second-order valence-corrected chi connectivity index (χ2v) is 4.14. The van der Waals surface area contributed by atoms with E-state index in [1.807, 2.05) is 0 Å². The van der Waals surface area contributed by atoms with Gasteiger partial charge in [-0.25, -0.2) is 0 Å². The third-order valence-electron chi connectivity index (χ3n) is 2.80. The number of hydrogen-bond donors (Lipinski definition) is 2. The van der Waals surface area contributed by atoms with Crippen molar-refractivity contribution in [1.29, 1.82) is 0 Å². The fourth-order valence-electron chi connectivity index (χ4n) is 1.88. The van der Waals surface area contributed by atoms with Gasteiger partial charge in [0.1, 0.15) is 0 Å². The Hall–Kier alpha value is -1.57. The van der Waals surface area contributed by atoms with Gasteiger partial charge in [0.2, 0.25) is 0 Å². The van der Waals surface area contributed by atoms with Crippen LogP contribution in [0.25, 0.3) is 0 Å². The number of piperidine rings is 1. The maximum absolute atomic E-state index is 12.0. The molecule has 1 aliphatic rings. The predicted molar refractivity (Wildman–Crippen MR) is 58.1 cm³/mol. The zero-order valence-corrected chi connectivity index (χ0v) is 9.50. The number of nitrogens with zero attached hydrogens (tertiary/aromatic N) is 2. The van der Waals surface area contributed by atoms with Crippen molar-refractivity contribution in [3.8, 4) is 0 Å². The van der Waals surface area contributed by atoms with E-state index < -0.39 is 12.1 Å². The zero-order chi connectivity index (χ0) is 13.2. The van der Waals surface area contributed by atoms with Crippen LogP contribution in [0.4, 0.5) is 18.9 Å². The van der Waals surface area contributed by atoms with Gasteiger partial charge < -0.3 is 10.6 Å². The fraction of sp³-hybridized carbons (Fsp3) is 0.600. The monoisotopic (exact) mass is 262 g/mol. The lowest BCUT2D eigenvalue weighted by molar-refractivity contribution is -0.167. The summed E-state index contributed by atoms with van der Waals surface area (Å²) in [5.74, 6) is -1.98. The molecule has 2 N–H and O–H groups in total. The number of carbonyl (C=O) groups is 1. The molecule has 0 radical (unpaired) electrons. The summed E-state index contributed by atoms with van der Waals surface area (Å²) < 4.78 is 37.8. The number of hydrogen-bond acceptors (Lipinski definition) is 3. The third-order valence-corrected chi connectivity index (χ3v) is 2.80. The zero-order valence-electron chi connectivity index (χ0n) is 9.50. The Morgan fingerprint density at radius 3 is 2.72 bits per heavy atom. The van der Waals surface area contributed by atoms with Crippen LogP contribution in [-0.2, 0) is 4.79 Å². The normalized spacial score (nSPS) is 17.7. The summed E-state index contributed by atoms with van der Waals surface area (Å²) in [5, 5.41) is 8.94. The number of anilines is 1. The summed E-state index contributed by atoms with van der Waals surface area (Å²) in [5.41, 5.74) is 0.0656. The highest BCUT2D eigenvalue weighted by atomic mass is 19.4. The number of alkyl halides is 3. The van der Waals surface area contributed by atoms with Crippen LogP contribution >= 0.6 is 0 Å². The van der Waals surface area contributed by atoms with Gasteiger partial charge in [0.25, 0.3) is 0 Å². The van der Waals surface area contributed by atoms with Gasteiger partial charge in [0.15, 0.2) is 0 Å². The highest BCUT2D eigenvalue weighted by Gasteiger charge is 2.38. The summed E-state index contributed by atoms with van der Waals surface area (Å²) in [7, 11) is 0. The van der Waals surface area contributed by atoms with E-state index >= 15 is 0 Å². The first-order chi connectivity index (χ1) is 8.47. The molecule has 1 aromatic rings. The quantitative estimate of drug-likeness (QED) is 0.844. The molecule has 0 aliphatic carbocycles. The molecular formula is C10H13F3N4O. The van der Waals surface area contributed by atoms with Crippen LogP contribution < -0.4 is 10.6 Å². The molecule has 0 unspecified atom stereocenters. The van der Waals surface area contributed by atoms with Crippen molar-refractivity contribution in [2.75, 3.05) is 18.4 Å². The molecule has 1 amide bonds. The van der Waals surface area contributed by atoms with Crippen molar-refractivity contribution in [2.45, 2.75) is 25.1 Å². The van der Waals surface area contributed by atoms with Crippen LogP contribution in [0.5, 0.6) is 0 Å². The summed E-state index contributed by atoms with van der Waals surface area (Å²) >= 11 is 0. The van der Waals surface area contributed by atoms with Gasteiger partial charge >= 0.3 is 12.1 Å². The van der Waals surface area contributed by atoms with Gasteiger partial charge in [-0.3, -0.25) is 9.48 Å². The SMILES string of the molecule is O=C(Nc1cnn(C2CCNCC2)c1)C(F)(F)F. The maximum atomic E-state index is 12.0. The Balaban J connectivity index is 1.99. The van der Waals surface area contributed by atoms with Crippen molar-refractivity contribution in [2.24, 2.45) is 0 Å². The minimum absolute atomic E-state index is 0.0656.